The Morgan fingerprint density at radius 1 is 1.42 bits per heavy atom. The average Bonchev–Trinajstić information content (AvgIpc) is 3.06. The van der Waals surface area contributed by atoms with Gasteiger partial charge in [0.1, 0.15) is 5.56 Å². The van der Waals surface area contributed by atoms with Crippen LogP contribution in [0, 0.1) is 0 Å². The number of ether oxygens (including phenoxy) is 1. The molecule has 0 spiro atoms. The van der Waals surface area contributed by atoms with Gasteiger partial charge in [0.2, 0.25) is 5.88 Å². The number of H-pyrrole nitrogens is 1. The lowest BCUT2D eigenvalue weighted by atomic mass is 10.2. The first-order valence-corrected chi connectivity index (χ1v) is 7.90. The van der Waals surface area contributed by atoms with Crippen LogP contribution in [0.3, 0.4) is 0 Å². The van der Waals surface area contributed by atoms with Gasteiger partial charge in [0, 0.05) is 12.8 Å². The molecule has 1 aromatic heterocycles. The largest absolute Gasteiger partial charge is 0.494 e. The Morgan fingerprint density at radius 2 is 2.21 bits per heavy atom. The second-order valence-corrected chi connectivity index (χ2v) is 5.86. The number of rotatable bonds is 4. The number of benzene rings is 1. The summed E-state index contributed by atoms with van der Waals surface area (Å²) in [5, 5.41) is 10.7. The number of hydrogen-bond acceptors (Lipinski definition) is 5. The Kier molecular flexibility index (Phi) is 4.82. The topological polar surface area (TPSA) is 96.7 Å². The third-order valence-electron chi connectivity index (χ3n) is 3.80. The minimum Gasteiger partial charge on any atom is -0.494 e. The Balaban J connectivity index is 1.97. The van der Waals surface area contributed by atoms with E-state index in [1.807, 2.05) is 0 Å². The Labute approximate surface area is 142 Å². The molecule has 1 aliphatic heterocycles. The minimum absolute atomic E-state index is 0.104. The lowest BCUT2D eigenvalue weighted by molar-refractivity contribution is 0.0934. The Morgan fingerprint density at radius 3 is 2.92 bits per heavy atom. The second kappa shape index (κ2) is 7.02. The van der Waals surface area contributed by atoms with Crippen molar-refractivity contribution < 1.29 is 9.84 Å². The molecule has 2 aromatic rings. The third kappa shape index (κ3) is 3.42. The molecule has 0 aliphatic carbocycles. The van der Waals surface area contributed by atoms with Crippen molar-refractivity contribution in [3.05, 3.63) is 55.7 Å². The van der Waals surface area contributed by atoms with Crippen LogP contribution in [0.25, 0.3) is 0 Å². The number of aromatic nitrogens is 2. The van der Waals surface area contributed by atoms with Crippen LogP contribution < -0.4 is 11.2 Å². The van der Waals surface area contributed by atoms with Crippen LogP contribution >= 0.6 is 11.6 Å². The SMILES string of the molecule is O=c1[nH]c(=O)n(CC2CCCO2)c(O)c1C=Nc1ccccc1Cl. The normalized spacial score (nSPS) is 17.6. The van der Waals surface area contributed by atoms with Gasteiger partial charge in [-0.2, -0.15) is 0 Å². The molecule has 1 saturated heterocycles. The molecule has 1 aromatic carbocycles. The number of para-hydroxylation sites is 1. The fourth-order valence-corrected chi connectivity index (χ4v) is 2.73. The molecule has 1 fully saturated rings. The molecular weight excluding hydrogens is 334 g/mol. The van der Waals surface area contributed by atoms with Crippen molar-refractivity contribution in [3.63, 3.8) is 0 Å². The van der Waals surface area contributed by atoms with Crippen molar-refractivity contribution in [1.82, 2.24) is 9.55 Å². The molecule has 1 unspecified atom stereocenters. The van der Waals surface area contributed by atoms with Crippen molar-refractivity contribution >= 4 is 23.5 Å². The fraction of sp³-hybridized carbons (Fsp3) is 0.312. The predicted molar refractivity (Wildman–Crippen MR) is 90.7 cm³/mol. The van der Waals surface area contributed by atoms with Crippen LogP contribution in [-0.4, -0.2) is 33.6 Å². The van der Waals surface area contributed by atoms with Crippen molar-refractivity contribution in [2.45, 2.75) is 25.5 Å². The first-order chi connectivity index (χ1) is 11.6. The van der Waals surface area contributed by atoms with Crippen molar-refractivity contribution in [3.8, 4) is 5.88 Å². The number of hydrogen-bond donors (Lipinski definition) is 2. The van der Waals surface area contributed by atoms with E-state index in [4.69, 9.17) is 16.3 Å². The molecule has 2 heterocycles. The third-order valence-corrected chi connectivity index (χ3v) is 4.12. The smallest absolute Gasteiger partial charge is 0.331 e. The van der Waals surface area contributed by atoms with E-state index in [1.165, 1.54) is 6.21 Å². The molecular formula is C16H16ClN3O4. The Hall–Kier alpha value is -2.38. The van der Waals surface area contributed by atoms with E-state index in [9.17, 15) is 14.7 Å². The Bertz CT molecular complexity index is 882. The zero-order chi connectivity index (χ0) is 17.1. The monoisotopic (exact) mass is 349 g/mol. The van der Waals surface area contributed by atoms with E-state index in [1.54, 1.807) is 24.3 Å². The molecule has 3 rings (SSSR count). The quantitative estimate of drug-likeness (QED) is 0.823. The molecule has 24 heavy (non-hydrogen) atoms. The number of nitrogens with one attached hydrogen (secondary N) is 1. The van der Waals surface area contributed by atoms with Gasteiger partial charge < -0.3 is 9.84 Å². The van der Waals surface area contributed by atoms with E-state index in [2.05, 4.69) is 9.98 Å². The van der Waals surface area contributed by atoms with Gasteiger partial charge in [-0.15, -0.1) is 0 Å². The van der Waals surface area contributed by atoms with Gasteiger partial charge in [-0.1, -0.05) is 23.7 Å². The molecule has 2 N–H and O–H groups in total. The molecule has 0 amide bonds. The van der Waals surface area contributed by atoms with E-state index in [0.717, 1.165) is 17.4 Å². The summed E-state index contributed by atoms with van der Waals surface area (Å²) in [7, 11) is 0. The molecule has 1 aliphatic rings. The zero-order valence-electron chi connectivity index (χ0n) is 12.7. The fourth-order valence-electron chi connectivity index (χ4n) is 2.54. The minimum atomic E-state index is -0.711. The summed E-state index contributed by atoms with van der Waals surface area (Å²) in [4.78, 5) is 30.2. The number of aliphatic imine (C=N–C) groups is 1. The van der Waals surface area contributed by atoms with Crippen LogP contribution in [0.2, 0.25) is 5.02 Å². The summed E-state index contributed by atoms with van der Waals surface area (Å²) in [6.07, 6.45) is 2.74. The highest BCUT2D eigenvalue weighted by atomic mass is 35.5. The molecule has 8 heteroatoms. The van der Waals surface area contributed by atoms with Crippen LogP contribution in [0.1, 0.15) is 18.4 Å². The van der Waals surface area contributed by atoms with Crippen LogP contribution in [-0.2, 0) is 11.3 Å². The lowest BCUT2D eigenvalue weighted by Gasteiger charge is -2.13. The van der Waals surface area contributed by atoms with Gasteiger partial charge in [-0.05, 0) is 25.0 Å². The van der Waals surface area contributed by atoms with E-state index in [-0.39, 0.29) is 18.2 Å². The van der Waals surface area contributed by atoms with Gasteiger partial charge in [0.15, 0.2) is 0 Å². The predicted octanol–water partition coefficient (Wildman–Crippen LogP) is 1.83. The highest BCUT2D eigenvalue weighted by Gasteiger charge is 2.20. The molecule has 1 atom stereocenters. The maximum absolute atomic E-state index is 12.0. The van der Waals surface area contributed by atoms with Gasteiger partial charge in [0.05, 0.1) is 23.4 Å². The van der Waals surface area contributed by atoms with Crippen molar-refractivity contribution in [1.29, 1.82) is 0 Å². The van der Waals surface area contributed by atoms with Gasteiger partial charge >= 0.3 is 5.69 Å². The average molecular weight is 350 g/mol. The maximum atomic E-state index is 12.0. The highest BCUT2D eigenvalue weighted by molar-refractivity contribution is 6.33. The molecule has 0 saturated carbocycles. The number of aromatic hydroxyl groups is 1. The van der Waals surface area contributed by atoms with Gasteiger partial charge in [-0.25, -0.2) is 4.79 Å². The molecule has 7 nitrogen and oxygen atoms in total. The van der Waals surface area contributed by atoms with E-state index >= 15 is 0 Å². The van der Waals surface area contributed by atoms with Crippen LogP contribution in [0.15, 0.2) is 38.8 Å². The van der Waals surface area contributed by atoms with E-state index in [0.29, 0.717) is 17.3 Å². The first kappa shape index (κ1) is 16.5. The summed E-state index contributed by atoms with van der Waals surface area (Å²) in [5.41, 5.74) is -1.04. The van der Waals surface area contributed by atoms with Crippen molar-refractivity contribution in [2.75, 3.05) is 6.61 Å². The second-order valence-electron chi connectivity index (χ2n) is 5.45. The maximum Gasteiger partial charge on any atom is 0.331 e. The zero-order valence-corrected chi connectivity index (χ0v) is 13.5. The van der Waals surface area contributed by atoms with E-state index < -0.39 is 17.1 Å². The summed E-state index contributed by atoms with van der Waals surface area (Å²) < 4.78 is 6.56. The van der Waals surface area contributed by atoms with Gasteiger partial charge in [-0.3, -0.25) is 19.3 Å². The summed E-state index contributed by atoms with van der Waals surface area (Å²) in [6.45, 7) is 0.804. The standard InChI is InChI=1S/C16H16ClN3O4/c17-12-5-1-2-6-13(12)18-8-11-14(21)19-16(23)20(15(11)22)9-10-4-3-7-24-10/h1-2,5-6,8,10,22H,3-4,7,9H2,(H,19,21,23). The molecule has 0 bridgehead atoms. The first-order valence-electron chi connectivity index (χ1n) is 7.52. The lowest BCUT2D eigenvalue weighted by Crippen LogP contribution is -2.34. The number of aromatic amines is 1. The van der Waals surface area contributed by atoms with Crippen LogP contribution in [0.5, 0.6) is 5.88 Å². The molecule has 0 radical (unpaired) electrons. The number of halogens is 1. The summed E-state index contributed by atoms with van der Waals surface area (Å²) in [5.74, 6) is -0.435. The summed E-state index contributed by atoms with van der Waals surface area (Å²) >= 11 is 6.01. The van der Waals surface area contributed by atoms with Crippen LogP contribution in [0.4, 0.5) is 5.69 Å². The van der Waals surface area contributed by atoms with Crippen molar-refractivity contribution in [2.24, 2.45) is 4.99 Å². The number of nitrogens with zero attached hydrogens (tertiary/aromatic N) is 2. The summed E-state index contributed by atoms with van der Waals surface area (Å²) in [6, 6.07) is 6.84. The van der Waals surface area contributed by atoms with Gasteiger partial charge in [0.25, 0.3) is 5.56 Å². The highest BCUT2D eigenvalue weighted by Crippen LogP contribution is 2.24. The molecule has 126 valence electrons.